The number of amides is 2. The summed E-state index contributed by atoms with van der Waals surface area (Å²) in [6, 6.07) is 5.96. The average molecular weight is 392 g/mol. The number of carbonyl (C=O) groups is 2. The van der Waals surface area contributed by atoms with Crippen molar-refractivity contribution in [2.75, 3.05) is 13.1 Å². The molecule has 2 rings (SSSR count). The van der Waals surface area contributed by atoms with E-state index in [9.17, 15) is 14.0 Å². The summed E-state index contributed by atoms with van der Waals surface area (Å²) in [6.45, 7) is 9.32. The van der Waals surface area contributed by atoms with Gasteiger partial charge in [-0.2, -0.15) is 0 Å². The second-order valence-corrected chi connectivity index (χ2v) is 8.23. The summed E-state index contributed by atoms with van der Waals surface area (Å²) in [6.07, 6.45) is 0. The van der Waals surface area contributed by atoms with E-state index in [4.69, 9.17) is 0 Å². The number of nitrogens with one attached hydrogen (secondary N) is 1. The van der Waals surface area contributed by atoms with Gasteiger partial charge in [-0.15, -0.1) is 11.3 Å². The molecule has 0 aliphatic rings. The van der Waals surface area contributed by atoms with Crippen LogP contribution in [0.5, 0.6) is 0 Å². The van der Waals surface area contributed by atoms with Gasteiger partial charge in [-0.3, -0.25) is 9.59 Å². The van der Waals surface area contributed by atoms with Crippen LogP contribution in [-0.2, 0) is 6.54 Å². The quantitative estimate of drug-likeness (QED) is 0.741. The van der Waals surface area contributed by atoms with Gasteiger partial charge in [0.1, 0.15) is 16.5 Å². The topological polar surface area (TPSA) is 62.3 Å². The van der Waals surface area contributed by atoms with Gasteiger partial charge in [0.25, 0.3) is 11.8 Å². The fraction of sp³-hybridized carbons (Fsp3) is 0.450. The van der Waals surface area contributed by atoms with E-state index in [1.807, 2.05) is 27.7 Å². The summed E-state index contributed by atoms with van der Waals surface area (Å²) in [5.74, 6) is -0.560. The van der Waals surface area contributed by atoms with E-state index >= 15 is 0 Å². The van der Waals surface area contributed by atoms with Gasteiger partial charge in [0, 0.05) is 18.5 Å². The number of halogens is 1. The summed E-state index contributed by atoms with van der Waals surface area (Å²) < 4.78 is 14.0. The Kier molecular flexibility index (Phi) is 7.47. The highest BCUT2D eigenvalue weighted by atomic mass is 32.1. The number of hydrogen-bond donors (Lipinski definition) is 1. The summed E-state index contributed by atoms with van der Waals surface area (Å²) in [7, 11) is 0. The van der Waals surface area contributed by atoms with Crippen molar-refractivity contribution in [2.45, 2.75) is 34.2 Å². The number of aromatic nitrogens is 1. The summed E-state index contributed by atoms with van der Waals surface area (Å²) in [5, 5.41) is 5.16. The number of thiazole rings is 1. The SMILES string of the molecule is CC(C)CNC(=O)c1csc(CN(CC(C)C)C(=O)c2ccccc2F)n1. The molecule has 5 nitrogen and oxygen atoms in total. The normalized spacial score (nSPS) is 11.1. The van der Waals surface area contributed by atoms with Gasteiger partial charge < -0.3 is 10.2 Å². The molecule has 0 unspecified atom stereocenters. The molecule has 1 heterocycles. The van der Waals surface area contributed by atoms with E-state index in [1.165, 1.54) is 23.5 Å². The first-order valence-corrected chi connectivity index (χ1v) is 9.92. The molecular formula is C20H26FN3O2S. The van der Waals surface area contributed by atoms with Crippen molar-refractivity contribution < 1.29 is 14.0 Å². The first-order chi connectivity index (χ1) is 12.8. The van der Waals surface area contributed by atoms with Gasteiger partial charge in [0.2, 0.25) is 0 Å². The Bertz CT molecular complexity index is 789. The van der Waals surface area contributed by atoms with E-state index in [2.05, 4.69) is 10.3 Å². The molecule has 2 aromatic rings. The first-order valence-electron chi connectivity index (χ1n) is 9.04. The number of rotatable bonds is 8. The Morgan fingerprint density at radius 1 is 1.19 bits per heavy atom. The second-order valence-electron chi connectivity index (χ2n) is 7.29. The molecule has 0 saturated heterocycles. The lowest BCUT2D eigenvalue weighted by Gasteiger charge is -2.24. The molecule has 2 amide bonds. The van der Waals surface area contributed by atoms with Gasteiger partial charge in [-0.25, -0.2) is 9.37 Å². The molecule has 1 aromatic heterocycles. The molecule has 0 aliphatic heterocycles. The average Bonchev–Trinajstić information content (AvgIpc) is 3.07. The summed E-state index contributed by atoms with van der Waals surface area (Å²) in [5.41, 5.74) is 0.392. The number of carbonyl (C=O) groups excluding carboxylic acids is 2. The molecule has 1 aromatic carbocycles. The Morgan fingerprint density at radius 3 is 2.52 bits per heavy atom. The van der Waals surface area contributed by atoms with Crippen LogP contribution in [0.4, 0.5) is 4.39 Å². The van der Waals surface area contributed by atoms with E-state index in [-0.39, 0.29) is 29.8 Å². The highest BCUT2D eigenvalue weighted by Crippen LogP contribution is 2.17. The Labute approximate surface area is 163 Å². The third-order valence-electron chi connectivity index (χ3n) is 3.76. The minimum atomic E-state index is -0.538. The third kappa shape index (κ3) is 6.13. The largest absolute Gasteiger partial charge is 0.350 e. The lowest BCUT2D eigenvalue weighted by Crippen LogP contribution is -2.34. The van der Waals surface area contributed by atoms with Gasteiger partial charge in [0.15, 0.2) is 0 Å². The van der Waals surface area contributed by atoms with Crippen molar-refractivity contribution in [1.82, 2.24) is 15.2 Å². The molecule has 0 bridgehead atoms. The molecule has 0 aliphatic carbocycles. The lowest BCUT2D eigenvalue weighted by molar-refractivity contribution is 0.0717. The van der Waals surface area contributed by atoms with Crippen LogP contribution in [0, 0.1) is 17.7 Å². The molecule has 0 radical (unpaired) electrons. The number of hydrogen-bond acceptors (Lipinski definition) is 4. The van der Waals surface area contributed by atoms with E-state index in [0.29, 0.717) is 29.7 Å². The summed E-state index contributed by atoms with van der Waals surface area (Å²) >= 11 is 1.32. The summed E-state index contributed by atoms with van der Waals surface area (Å²) in [4.78, 5) is 30.9. The van der Waals surface area contributed by atoms with Crippen molar-refractivity contribution in [3.05, 3.63) is 51.7 Å². The van der Waals surface area contributed by atoms with Crippen molar-refractivity contribution >= 4 is 23.2 Å². The Hall–Kier alpha value is -2.28. The van der Waals surface area contributed by atoms with Crippen LogP contribution in [0.2, 0.25) is 0 Å². The first kappa shape index (κ1) is 21.0. The highest BCUT2D eigenvalue weighted by Gasteiger charge is 2.22. The maximum absolute atomic E-state index is 14.0. The van der Waals surface area contributed by atoms with Crippen LogP contribution < -0.4 is 5.32 Å². The van der Waals surface area contributed by atoms with Gasteiger partial charge in [-0.1, -0.05) is 39.8 Å². The zero-order valence-corrected chi connectivity index (χ0v) is 17.0. The lowest BCUT2D eigenvalue weighted by atomic mass is 10.1. The Morgan fingerprint density at radius 2 is 1.89 bits per heavy atom. The predicted molar refractivity (Wildman–Crippen MR) is 105 cm³/mol. The zero-order chi connectivity index (χ0) is 20.0. The molecule has 7 heteroatoms. The second kappa shape index (κ2) is 9.60. The maximum atomic E-state index is 14.0. The smallest absolute Gasteiger partial charge is 0.270 e. The molecule has 1 N–H and O–H groups in total. The third-order valence-corrected chi connectivity index (χ3v) is 4.59. The zero-order valence-electron chi connectivity index (χ0n) is 16.2. The van der Waals surface area contributed by atoms with E-state index in [1.54, 1.807) is 22.4 Å². The van der Waals surface area contributed by atoms with Crippen LogP contribution in [0.25, 0.3) is 0 Å². The predicted octanol–water partition coefficient (Wildman–Crippen LogP) is 3.97. The minimum Gasteiger partial charge on any atom is -0.350 e. The maximum Gasteiger partial charge on any atom is 0.270 e. The van der Waals surface area contributed by atoms with E-state index in [0.717, 1.165) is 0 Å². The van der Waals surface area contributed by atoms with Crippen LogP contribution in [0.15, 0.2) is 29.6 Å². The number of nitrogens with zero attached hydrogens (tertiary/aromatic N) is 2. The molecule has 0 spiro atoms. The van der Waals surface area contributed by atoms with E-state index < -0.39 is 5.82 Å². The number of benzene rings is 1. The molecule has 27 heavy (non-hydrogen) atoms. The van der Waals surface area contributed by atoms with Crippen molar-refractivity contribution in [2.24, 2.45) is 11.8 Å². The van der Waals surface area contributed by atoms with Crippen LogP contribution in [0.1, 0.15) is 53.5 Å². The van der Waals surface area contributed by atoms with Crippen LogP contribution in [0.3, 0.4) is 0 Å². The molecular weight excluding hydrogens is 365 g/mol. The standard InChI is InChI=1S/C20H26FN3O2S/c1-13(2)9-22-19(25)17-12-27-18(23-17)11-24(10-14(3)4)20(26)15-7-5-6-8-16(15)21/h5-8,12-14H,9-11H2,1-4H3,(H,22,25). The van der Waals surface area contributed by atoms with Gasteiger partial charge >= 0.3 is 0 Å². The van der Waals surface area contributed by atoms with Gasteiger partial charge in [0.05, 0.1) is 12.1 Å². The minimum absolute atomic E-state index is 0.0459. The van der Waals surface area contributed by atoms with Gasteiger partial charge in [-0.05, 0) is 24.0 Å². The molecule has 0 fully saturated rings. The van der Waals surface area contributed by atoms with Crippen LogP contribution >= 0.6 is 11.3 Å². The molecule has 146 valence electrons. The highest BCUT2D eigenvalue weighted by molar-refractivity contribution is 7.09. The fourth-order valence-electron chi connectivity index (χ4n) is 2.50. The van der Waals surface area contributed by atoms with Crippen molar-refractivity contribution in [3.8, 4) is 0 Å². The molecule has 0 saturated carbocycles. The Balaban J connectivity index is 2.14. The monoisotopic (exact) mass is 391 g/mol. The van der Waals surface area contributed by atoms with Crippen molar-refractivity contribution in [1.29, 1.82) is 0 Å². The fourth-order valence-corrected chi connectivity index (χ4v) is 3.29. The van der Waals surface area contributed by atoms with Crippen LogP contribution in [-0.4, -0.2) is 34.8 Å². The van der Waals surface area contributed by atoms with Crippen molar-refractivity contribution in [3.63, 3.8) is 0 Å². The molecule has 0 atom stereocenters.